The van der Waals surface area contributed by atoms with E-state index in [0.29, 0.717) is 12.2 Å². The van der Waals surface area contributed by atoms with Crippen LogP contribution in [0.3, 0.4) is 0 Å². The van der Waals surface area contributed by atoms with Gasteiger partial charge in [0.2, 0.25) is 0 Å². The first kappa shape index (κ1) is 16.3. The van der Waals surface area contributed by atoms with E-state index in [4.69, 9.17) is 5.11 Å². The zero-order valence-corrected chi connectivity index (χ0v) is 11.4. The first-order valence-electron chi connectivity index (χ1n) is 6.40. The molecular formula is C14H18F3NO2. The molecule has 0 aliphatic rings. The smallest absolute Gasteiger partial charge is 0.416 e. The highest BCUT2D eigenvalue weighted by Gasteiger charge is 2.30. The summed E-state index contributed by atoms with van der Waals surface area (Å²) in [5, 5.41) is 8.92. The highest BCUT2D eigenvalue weighted by molar-refractivity contribution is 5.70. The van der Waals surface area contributed by atoms with Crippen molar-refractivity contribution in [3.63, 3.8) is 0 Å². The third-order valence-electron chi connectivity index (χ3n) is 2.97. The summed E-state index contributed by atoms with van der Waals surface area (Å²) in [5.41, 5.74) is -0.100. The first-order chi connectivity index (χ1) is 9.25. The molecule has 1 aromatic carbocycles. The number of anilines is 1. The van der Waals surface area contributed by atoms with Crippen LogP contribution >= 0.6 is 0 Å². The molecule has 1 rings (SSSR count). The Morgan fingerprint density at radius 3 is 2.25 bits per heavy atom. The van der Waals surface area contributed by atoms with E-state index in [1.54, 1.807) is 11.8 Å². The number of carboxylic acids is 1. The third-order valence-corrected chi connectivity index (χ3v) is 2.97. The summed E-state index contributed by atoms with van der Waals surface area (Å²) in [5.74, 6) is -1.50. The molecule has 1 aromatic rings. The van der Waals surface area contributed by atoms with E-state index < -0.39 is 23.6 Å². The topological polar surface area (TPSA) is 40.5 Å². The molecule has 20 heavy (non-hydrogen) atoms. The zero-order valence-electron chi connectivity index (χ0n) is 11.4. The highest BCUT2D eigenvalue weighted by Crippen LogP contribution is 2.30. The van der Waals surface area contributed by atoms with Crippen molar-refractivity contribution in [3.8, 4) is 0 Å². The molecule has 6 heteroatoms. The van der Waals surface area contributed by atoms with Gasteiger partial charge in [-0.15, -0.1) is 0 Å². The van der Waals surface area contributed by atoms with Crippen molar-refractivity contribution >= 4 is 11.7 Å². The van der Waals surface area contributed by atoms with E-state index in [1.807, 2.05) is 6.92 Å². The van der Waals surface area contributed by atoms with Gasteiger partial charge in [0, 0.05) is 18.8 Å². The highest BCUT2D eigenvalue weighted by atomic mass is 19.4. The minimum atomic E-state index is -4.36. The van der Waals surface area contributed by atoms with Gasteiger partial charge in [0.15, 0.2) is 0 Å². The van der Waals surface area contributed by atoms with Gasteiger partial charge < -0.3 is 10.0 Å². The number of rotatable bonds is 6. The number of benzene rings is 1. The molecule has 0 saturated carbocycles. The molecule has 0 spiro atoms. The molecule has 0 amide bonds. The zero-order chi connectivity index (χ0) is 15.3. The summed E-state index contributed by atoms with van der Waals surface area (Å²) >= 11 is 0. The van der Waals surface area contributed by atoms with Gasteiger partial charge in [-0.25, -0.2) is 0 Å². The molecule has 1 unspecified atom stereocenters. The summed E-state index contributed by atoms with van der Waals surface area (Å²) in [7, 11) is 0. The molecule has 3 nitrogen and oxygen atoms in total. The van der Waals surface area contributed by atoms with Crippen LogP contribution in [-0.2, 0) is 11.0 Å². The third kappa shape index (κ3) is 4.43. The quantitative estimate of drug-likeness (QED) is 0.869. The molecule has 1 atom stereocenters. The molecule has 0 bridgehead atoms. The van der Waals surface area contributed by atoms with Crippen LogP contribution in [0.15, 0.2) is 24.3 Å². The summed E-state index contributed by atoms with van der Waals surface area (Å²) in [6.45, 7) is 4.38. The fourth-order valence-corrected chi connectivity index (χ4v) is 1.87. The standard InChI is InChI=1S/C14H18F3NO2/c1-3-8-18(9-10(2)13(19)20)12-6-4-11(5-7-12)14(15,16)17/h4-7,10H,3,8-9H2,1-2H3,(H,19,20). The van der Waals surface area contributed by atoms with E-state index >= 15 is 0 Å². The second kappa shape index (κ2) is 6.63. The van der Waals surface area contributed by atoms with Gasteiger partial charge in [0.1, 0.15) is 0 Å². The van der Waals surface area contributed by atoms with Gasteiger partial charge in [-0.2, -0.15) is 13.2 Å². The minimum Gasteiger partial charge on any atom is -0.481 e. The monoisotopic (exact) mass is 289 g/mol. The molecule has 0 fully saturated rings. The van der Waals surface area contributed by atoms with E-state index in [-0.39, 0.29) is 6.54 Å². The first-order valence-corrected chi connectivity index (χ1v) is 6.40. The number of aliphatic carboxylic acids is 1. The maximum absolute atomic E-state index is 12.5. The molecule has 0 heterocycles. The Hall–Kier alpha value is -1.72. The number of carbonyl (C=O) groups is 1. The molecule has 1 N–H and O–H groups in total. The fraction of sp³-hybridized carbons (Fsp3) is 0.500. The lowest BCUT2D eigenvalue weighted by atomic mass is 10.1. The van der Waals surface area contributed by atoms with Crippen LogP contribution in [0.4, 0.5) is 18.9 Å². The van der Waals surface area contributed by atoms with Gasteiger partial charge in [-0.05, 0) is 30.7 Å². The molecule has 0 saturated heterocycles. The van der Waals surface area contributed by atoms with Crippen LogP contribution in [0, 0.1) is 5.92 Å². The molecule has 0 aliphatic carbocycles. The predicted octanol–water partition coefficient (Wildman–Crippen LogP) is 3.64. The number of nitrogens with zero attached hydrogens (tertiary/aromatic N) is 1. The lowest BCUT2D eigenvalue weighted by molar-refractivity contribution is -0.140. The van der Waals surface area contributed by atoms with Crippen LogP contribution < -0.4 is 4.90 Å². The van der Waals surface area contributed by atoms with Crippen molar-refractivity contribution in [3.05, 3.63) is 29.8 Å². The van der Waals surface area contributed by atoms with Crippen molar-refractivity contribution in [2.75, 3.05) is 18.0 Å². The van der Waals surface area contributed by atoms with E-state index in [1.165, 1.54) is 12.1 Å². The van der Waals surface area contributed by atoms with Crippen LogP contribution in [0.2, 0.25) is 0 Å². The Bertz CT molecular complexity index is 443. The lowest BCUT2D eigenvalue weighted by Gasteiger charge is -2.26. The van der Waals surface area contributed by atoms with Gasteiger partial charge in [0.05, 0.1) is 11.5 Å². The van der Waals surface area contributed by atoms with E-state index in [2.05, 4.69) is 0 Å². The minimum absolute atomic E-state index is 0.272. The summed E-state index contributed by atoms with van der Waals surface area (Å²) in [6.07, 6.45) is -3.57. The van der Waals surface area contributed by atoms with Crippen molar-refractivity contribution in [1.29, 1.82) is 0 Å². The van der Waals surface area contributed by atoms with Crippen molar-refractivity contribution in [2.24, 2.45) is 5.92 Å². The summed E-state index contributed by atoms with van der Waals surface area (Å²) in [4.78, 5) is 12.7. The Balaban J connectivity index is 2.89. The number of hydrogen-bond donors (Lipinski definition) is 1. The predicted molar refractivity (Wildman–Crippen MR) is 70.7 cm³/mol. The molecule has 0 radical (unpaired) electrons. The molecule has 0 aromatic heterocycles. The number of halogens is 3. The molecule has 112 valence electrons. The SMILES string of the molecule is CCCN(CC(C)C(=O)O)c1ccc(C(F)(F)F)cc1. The van der Waals surface area contributed by atoms with Crippen LogP contribution in [0.5, 0.6) is 0 Å². The number of hydrogen-bond acceptors (Lipinski definition) is 2. The second-order valence-electron chi connectivity index (χ2n) is 4.73. The average Bonchev–Trinajstić information content (AvgIpc) is 2.37. The van der Waals surface area contributed by atoms with Crippen molar-refractivity contribution < 1.29 is 23.1 Å². The van der Waals surface area contributed by atoms with Gasteiger partial charge in [-0.1, -0.05) is 13.8 Å². The average molecular weight is 289 g/mol. The lowest BCUT2D eigenvalue weighted by Crippen LogP contribution is -2.32. The van der Waals surface area contributed by atoms with Crippen LogP contribution in [0.1, 0.15) is 25.8 Å². The Morgan fingerprint density at radius 2 is 1.85 bits per heavy atom. The van der Waals surface area contributed by atoms with E-state index in [0.717, 1.165) is 18.6 Å². The van der Waals surface area contributed by atoms with Gasteiger partial charge >= 0.3 is 12.1 Å². The normalized spacial score (nSPS) is 13.1. The summed E-state index contributed by atoms with van der Waals surface area (Å²) in [6, 6.07) is 4.80. The maximum atomic E-state index is 12.5. The van der Waals surface area contributed by atoms with Crippen LogP contribution in [0.25, 0.3) is 0 Å². The second-order valence-corrected chi connectivity index (χ2v) is 4.73. The van der Waals surface area contributed by atoms with Crippen molar-refractivity contribution in [2.45, 2.75) is 26.4 Å². The van der Waals surface area contributed by atoms with Gasteiger partial charge in [-0.3, -0.25) is 4.79 Å². The van der Waals surface area contributed by atoms with Gasteiger partial charge in [0.25, 0.3) is 0 Å². The van der Waals surface area contributed by atoms with E-state index in [9.17, 15) is 18.0 Å². The largest absolute Gasteiger partial charge is 0.481 e. The van der Waals surface area contributed by atoms with Crippen LogP contribution in [-0.4, -0.2) is 24.2 Å². The van der Waals surface area contributed by atoms with Crippen molar-refractivity contribution in [1.82, 2.24) is 0 Å². The fourth-order valence-electron chi connectivity index (χ4n) is 1.87. The Kier molecular flexibility index (Phi) is 5.42. The Morgan fingerprint density at radius 1 is 1.30 bits per heavy atom. The Labute approximate surface area is 116 Å². The molecule has 0 aliphatic heterocycles. The number of alkyl halides is 3. The summed E-state index contributed by atoms with van der Waals surface area (Å²) < 4.78 is 37.5. The maximum Gasteiger partial charge on any atom is 0.416 e. The number of carboxylic acid groups (broad SMARTS) is 1. The molecular weight excluding hydrogens is 271 g/mol.